The molecule has 1 saturated carbocycles. The van der Waals surface area contributed by atoms with Crippen molar-refractivity contribution in [2.24, 2.45) is 16.7 Å². The first-order valence-electron chi connectivity index (χ1n) is 8.32. The first-order chi connectivity index (χ1) is 9.85. The monoisotopic (exact) mass is 298 g/mol. The molecule has 1 rings (SSSR count). The van der Waals surface area contributed by atoms with Crippen molar-refractivity contribution in [3.8, 4) is 0 Å². The first-order valence-corrected chi connectivity index (χ1v) is 8.32. The molecule has 2 N–H and O–H groups in total. The predicted octanol–water partition coefficient (Wildman–Crippen LogP) is 4.33. The summed E-state index contributed by atoms with van der Waals surface area (Å²) in [6.07, 6.45) is 7.08. The number of aliphatic carboxylic acids is 2. The van der Waals surface area contributed by atoms with Crippen molar-refractivity contribution in [3.63, 3.8) is 0 Å². The largest absolute Gasteiger partial charge is 0.481 e. The van der Waals surface area contributed by atoms with E-state index in [2.05, 4.69) is 6.92 Å². The molecule has 1 aliphatic rings. The van der Waals surface area contributed by atoms with Gasteiger partial charge in [0.25, 0.3) is 0 Å². The van der Waals surface area contributed by atoms with Gasteiger partial charge in [-0.1, -0.05) is 59.3 Å². The molecule has 2 atom stereocenters. The maximum Gasteiger partial charge on any atom is 0.311 e. The Balaban J connectivity index is 3.15. The van der Waals surface area contributed by atoms with Gasteiger partial charge in [-0.05, 0) is 25.2 Å². The van der Waals surface area contributed by atoms with Crippen LogP contribution < -0.4 is 0 Å². The first kappa shape index (κ1) is 18.0. The van der Waals surface area contributed by atoms with Gasteiger partial charge in [0, 0.05) is 0 Å². The average Bonchev–Trinajstić information content (AvgIpc) is 2.43. The molecule has 2 unspecified atom stereocenters. The van der Waals surface area contributed by atoms with E-state index in [9.17, 15) is 19.8 Å². The Hall–Kier alpha value is -1.06. The van der Waals surface area contributed by atoms with Crippen LogP contribution in [0.15, 0.2) is 0 Å². The fourth-order valence-electron chi connectivity index (χ4n) is 4.30. The second kappa shape index (κ2) is 7.28. The van der Waals surface area contributed by atoms with Crippen LogP contribution in [0.3, 0.4) is 0 Å². The van der Waals surface area contributed by atoms with Gasteiger partial charge in [-0.25, -0.2) is 0 Å². The van der Waals surface area contributed by atoms with E-state index in [1.807, 2.05) is 13.8 Å². The van der Waals surface area contributed by atoms with Gasteiger partial charge >= 0.3 is 11.9 Å². The molecule has 0 aromatic rings. The Morgan fingerprint density at radius 2 is 1.62 bits per heavy atom. The maximum atomic E-state index is 12.1. The summed E-state index contributed by atoms with van der Waals surface area (Å²) in [5.74, 6) is -2.00. The van der Waals surface area contributed by atoms with E-state index in [0.29, 0.717) is 19.3 Å². The lowest BCUT2D eigenvalue weighted by molar-refractivity contribution is -0.187. The van der Waals surface area contributed by atoms with Crippen LogP contribution in [-0.2, 0) is 9.59 Å². The van der Waals surface area contributed by atoms with E-state index in [1.54, 1.807) is 0 Å². The third-order valence-electron chi connectivity index (χ3n) is 5.51. The topological polar surface area (TPSA) is 74.6 Å². The minimum Gasteiger partial charge on any atom is -0.481 e. The van der Waals surface area contributed by atoms with Gasteiger partial charge in [-0.3, -0.25) is 9.59 Å². The quantitative estimate of drug-likeness (QED) is 0.654. The summed E-state index contributed by atoms with van der Waals surface area (Å²) in [7, 11) is 0. The highest BCUT2D eigenvalue weighted by Gasteiger charge is 2.63. The number of unbranched alkanes of at least 4 members (excludes halogenated alkanes) is 3. The number of rotatable bonds is 8. The van der Waals surface area contributed by atoms with E-state index in [1.165, 1.54) is 0 Å². The molecule has 4 nitrogen and oxygen atoms in total. The third kappa shape index (κ3) is 3.09. The highest BCUT2D eigenvalue weighted by Crippen LogP contribution is 2.58. The van der Waals surface area contributed by atoms with Crippen LogP contribution >= 0.6 is 0 Å². The van der Waals surface area contributed by atoms with Crippen LogP contribution in [0.5, 0.6) is 0 Å². The maximum absolute atomic E-state index is 12.1. The summed E-state index contributed by atoms with van der Waals surface area (Å²) < 4.78 is 0. The van der Waals surface area contributed by atoms with Crippen molar-refractivity contribution >= 4 is 11.9 Å². The minimum absolute atomic E-state index is 0.169. The zero-order valence-electron chi connectivity index (χ0n) is 13.7. The number of hydrogen-bond donors (Lipinski definition) is 2. The van der Waals surface area contributed by atoms with E-state index in [-0.39, 0.29) is 5.92 Å². The van der Waals surface area contributed by atoms with Crippen molar-refractivity contribution in [1.82, 2.24) is 0 Å². The lowest BCUT2D eigenvalue weighted by Gasteiger charge is -2.51. The van der Waals surface area contributed by atoms with E-state index < -0.39 is 22.8 Å². The molecule has 21 heavy (non-hydrogen) atoms. The van der Waals surface area contributed by atoms with Gasteiger partial charge in [0.1, 0.15) is 0 Å². The fraction of sp³-hybridized carbons (Fsp3) is 0.882. The summed E-state index contributed by atoms with van der Waals surface area (Å²) >= 11 is 0. The standard InChI is InChI=1S/C17H30O4/c1-4-5-6-7-10-16(14(18)19)11-8-9-12-17(16,13(2)3)15(20)21/h13H,4-12H2,1-3H3,(H,18,19)(H,20,21). The molecule has 0 amide bonds. The molecule has 0 saturated heterocycles. The van der Waals surface area contributed by atoms with E-state index in [4.69, 9.17) is 0 Å². The highest BCUT2D eigenvalue weighted by molar-refractivity contribution is 5.87. The Morgan fingerprint density at radius 3 is 2.10 bits per heavy atom. The van der Waals surface area contributed by atoms with Gasteiger partial charge in [0.05, 0.1) is 10.8 Å². The van der Waals surface area contributed by atoms with Gasteiger partial charge in [-0.15, -0.1) is 0 Å². The molecule has 0 aromatic heterocycles. The van der Waals surface area contributed by atoms with Gasteiger partial charge < -0.3 is 10.2 Å². The van der Waals surface area contributed by atoms with E-state index in [0.717, 1.165) is 38.5 Å². The highest BCUT2D eigenvalue weighted by atomic mass is 16.4. The van der Waals surface area contributed by atoms with E-state index >= 15 is 0 Å². The number of carboxylic acids is 2. The molecule has 0 bridgehead atoms. The van der Waals surface area contributed by atoms with Crippen LogP contribution in [-0.4, -0.2) is 22.2 Å². The summed E-state index contributed by atoms with van der Waals surface area (Å²) in [5, 5.41) is 19.8. The fourth-order valence-corrected chi connectivity index (χ4v) is 4.30. The van der Waals surface area contributed by atoms with Gasteiger partial charge in [-0.2, -0.15) is 0 Å². The molecule has 0 radical (unpaired) electrons. The normalized spacial score (nSPS) is 29.5. The molecule has 0 spiro atoms. The molecule has 1 aliphatic carbocycles. The Kier molecular flexibility index (Phi) is 6.24. The molecule has 1 fully saturated rings. The Bertz CT molecular complexity index is 377. The zero-order valence-corrected chi connectivity index (χ0v) is 13.7. The third-order valence-corrected chi connectivity index (χ3v) is 5.51. The molecule has 0 aliphatic heterocycles. The Labute approximate surface area is 127 Å². The predicted molar refractivity (Wildman–Crippen MR) is 82.2 cm³/mol. The van der Waals surface area contributed by atoms with Crippen molar-refractivity contribution in [3.05, 3.63) is 0 Å². The smallest absolute Gasteiger partial charge is 0.311 e. The number of hydrogen-bond acceptors (Lipinski definition) is 2. The van der Waals surface area contributed by atoms with Crippen molar-refractivity contribution in [2.75, 3.05) is 0 Å². The molecular weight excluding hydrogens is 268 g/mol. The summed E-state index contributed by atoms with van der Waals surface area (Å²) in [5.41, 5.74) is -2.22. The molecule has 0 aromatic carbocycles. The second-order valence-corrected chi connectivity index (χ2v) is 6.84. The molecular formula is C17H30O4. The van der Waals surface area contributed by atoms with Gasteiger partial charge in [0.15, 0.2) is 0 Å². The van der Waals surface area contributed by atoms with Gasteiger partial charge in [0.2, 0.25) is 0 Å². The van der Waals surface area contributed by atoms with Crippen LogP contribution in [0, 0.1) is 16.7 Å². The lowest BCUT2D eigenvalue weighted by Crippen LogP contribution is -2.57. The molecule has 4 heteroatoms. The minimum atomic E-state index is -1.12. The molecule has 122 valence electrons. The SMILES string of the molecule is CCCCCCC1(C(=O)O)CCCCC1(C(=O)O)C(C)C. The Morgan fingerprint density at radius 1 is 1.00 bits per heavy atom. The second-order valence-electron chi connectivity index (χ2n) is 6.84. The average molecular weight is 298 g/mol. The number of carboxylic acid groups (broad SMARTS) is 2. The van der Waals surface area contributed by atoms with Crippen molar-refractivity contribution < 1.29 is 19.8 Å². The zero-order chi connectivity index (χ0) is 16.1. The summed E-state index contributed by atoms with van der Waals surface area (Å²) in [6, 6.07) is 0. The van der Waals surface area contributed by atoms with Crippen LogP contribution in [0.1, 0.15) is 78.6 Å². The summed E-state index contributed by atoms with van der Waals surface area (Å²) in [6.45, 7) is 5.84. The van der Waals surface area contributed by atoms with Crippen molar-refractivity contribution in [1.29, 1.82) is 0 Å². The van der Waals surface area contributed by atoms with Crippen LogP contribution in [0.25, 0.3) is 0 Å². The van der Waals surface area contributed by atoms with Crippen LogP contribution in [0.2, 0.25) is 0 Å². The lowest BCUT2D eigenvalue weighted by atomic mass is 9.50. The van der Waals surface area contributed by atoms with Crippen molar-refractivity contribution in [2.45, 2.75) is 78.6 Å². The summed E-state index contributed by atoms with van der Waals surface area (Å²) in [4.78, 5) is 24.2. The van der Waals surface area contributed by atoms with Crippen LogP contribution in [0.4, 0.5) is 0 Å². The number of carbonyl (C=O) groups is 2. The molecule has 0 heterocycles.